The van der Waals surface area contributed by atoms with Crippen LogP contribution in [0.25, 0.3) is 11.2 Å². The number of carboxylic acids is 1. The highest BCUT2D eigenvalue weighted by Gasteiger charge is 2.21. The second-order valence-electron chi connectivity index (χ2n) is 5.19. The van der Waals surface area contributed by atoms with Gasteiger partial charge < -0.3 is 10.4 Å². The van der Waals surface area contributed by atoms with Gasteiger partial charge in [0, 0.05) is 20.1 Å². The molecular formula is C13H19N5O4. The van der Waals surface area contributed by atoms with E-state index >= 15 is 0 Å². The molecule has 0 saturated heterocycles. The number of hydrogen-bond acceptors (Lipinski definition) is 5. The molecule has 0 aliphatic carbocycles. The van der Waals surface area contributed by atoms with Crippen LogP contribution in [0.1, 0.15) is 26.3 Å². The summed E-state index contributed by atoms with van der Waals surface area (Å²) in [4.78, 5) is 39.3. The van der Waals surface area contributed by atoms with Crippen molar-refractivity contribution in [2.75, 3.05) is 11.9 Å². The second kappa shape index (κ2) is 5.66. The molecule has 0 aliphatic heterocycles. The van der Waals surface area contributed by atoms with Crippen molar-refractivity contribution < 1.29 is 9.90 Å². The number of carbonyl (C=O) groups is 1. The van der Waals surface area contributed by atoms with Crippen LogP contribution in [0.3, 0.4) is 0 Å². The number of aromatic nitrogens is 4. The Bertz CT molecular complexity index is 845. The molecule has 0 saturated carbocycles. The molecule has 0 aromatic carbocycles. The number of anilines is 1. The minimum atomic E-state index is -1.04. The van der Waals surface area contributed by atoms with E-state index in [1.54, 1.807) is 11.6 Å². The lowest BCUT2D eigenvalue weighted by Crippen LogP contribution is -2.37. The number of aryl methyl sites for hydroxylation is 1. The molecule has 2 heterocycles. The van der Waals surface area contributed by atoms with Crippen molar-refractivity contribution in [2.45, 2.75) is 26.3 Å². The highest BCUT2D eigenvalue weighted by Crippen LogP contribution is 2.23. The van der Waals surface area contributed by atoms with E-state index < -0.39 is 17.2 Å². The summed E-state index contributed by atoms with van der Waals surface area (Å²) in [6.07, 6.45) is 0.733. The Morgan fingerprint density at radius 3 is 2.50 bits per heavy atom. The fourth-order valence-corrected chi connectivity index (χ4v) is 2.33. The van der Waals surface area contributed by atoms with Crippen LogP contribution in [-0.2, 0) is 18.9 Å². The molecule has 2 rings (SSSR count). The molecular weight excluding hydrogens is 290 g/mol. The molecule has 22 heavy (non-hydrogen) atoms. The minimum Gasteiger partial charge on any atom is -0.480 e. The molecule has 1 unspecified atom stereocenters. The fourth-order valence-electron chi connectivity index (χ4n) is 2.33. The second-order valence-corrected chi connectivity index (χ2v) is 5.19. The van der Waals surface area contributed by atoms with E-state index in [9.17, 15) is 14.4 Å². The zero-order valence-corrected chi connectivity index (χ0v) is 13.0. The Morgan fingerprint density at radius 1 is 1.32 bits per heavy atom. The van der Waals surface area contributed by atoms with Gasteiger partial charge in [0.1, 0.15) is 6.54 Å². The molecule has 0 aliphatic rings. The van der Waals surface area contributed by atoms with Crippen LogP contribution in [0.15, 0.2) is 9.59 Å². The van der Waals surface area contributed by atoms with Gasteiger partial charge in [-0.25, -0.2) is 9.78 Å². The lowest BCUT2D eigenvalue weighted by molar-refractivity contribution is -0.134. The van der Waals surface area contributed by atoms with E-state index in [-0.39, 0.29) is 24.1 Å². The van der Waals surface area contributed by atoms with Gasteiger partial charge in [-0.05, 0) is 13.3 Å². The first kappa shape index (κ1) is 15.8. The summed E-state index contributed by atoms with van der Waals surface area (Å²) in [5.74, 6) is -0.769. The molecule has 0 amide bonds. The van der Waals surface area contributed by atoms with Crippen molar-refractivity contribution in [3.05, 3.63) is 20.8 Å². The molecule has 9 heteroatoms. The molecule has 2 aromatic heterocycles. The van der Waals surface area contributed by atoms with Gasteiger partial charge in [0.25, 0.3) is 5.56 Å². The normalized spacial score (nSPS) is 12.5. The van der Waals surface area contributed by atoms with E-state index in [4.69, 9.17) is 5.11 Å². The third kappa shape index (κ3) is 2.38. The van der Waals surface area contributed by atoms with Crippen LogP contribution in [-0.4, -0.2) is 36.3 Å². The first-order valence-corrected chi connectivity index (χ1v) is 6.93. The maximum atomic E-state index is 12.2. The number of carboxylic acid groups (broad SMARTS) is 1. The van der Waals surface area contributed by atoms with Crippen LogP contribution >= 0.6 is 0 Å². The van der Waals surface area contributed by atoms with Crippen LogP contribution in [0.4, 0.5) is 5.95 Å². The van der Waals surface area contributed by atoms with Crippen LogP contribution in [0, 0.1) is 0 Å². The van der Waals surface area contributed by atoms with Crippen LogP contribution in [0.2, 0.25) is 0 Å². The summed E-state index contributed by atoms with van der Waals surface area (Å²) in [5.41, 5.74) is -0.432. The number of rotatable bonds is 5. The number of fused-ring (bicyclic) bond motifs is 1. The molecule has 9 nitrogen and oxygen atoms in total. The first-order valence-electron chi connectivity index (χ1n) is 6.93. The van der Waals surface area contributed by atoms with Crippen LogP contribution < -0.4 is 16.6 Å². The average Bonchev–Trinajstić information content (AvgIpc) is 2.87. The zero-order valence-electron chi connectivity index (χ0n) is 13.0. The van der Waals surface area contributed by atoms with Crippen molar-refractivity contribution in [1.82, 2.24) is 18.7 Å². The summed E-state index contributed by atoms with van der Waals surface area (Å²) >= 11 is 0. The number of nitrogens with zero attached hydrogens (tertiary/aromatic N) is 4. The van der Waals surface area contributed by atoms with Gasteiger partial charge in [0.2, 0.25) is 5.95 Å². The highest BCUT2D eigenvalue weighted by molar-refractivity contribution is 5.76. The molecule has 120 valence electrons. The van der Waals surface area contributed by atoms with E-state index in [2.05, 4.69) is 10.3 Å². The van der Waals surface area contributed by atoms with Gasteiger partial charge in [-0.2, -0.15) is 0 Å². The Kier molecular flexibility index (Phi) is 4.07. The largest absolute Gasteiger partial charge is 0.480 e. The molecule has 0 fully saturated rings. The Morgan fingerprint density at radius 2 is 1.95 bits per heavy atom. The molecule has 1 atom stereocenters. The third-order valence-corrected chi connectivity index (χ3v) is 3.71. The maximum Gasteiger partial charge on any atom is 0.332 e. The fraction of sp³-hybridized carbons (Fsp3) is 0.538. The minimum absolute atomic E-state index is 0.0565. The number of aliphatic carboxylic acids is 1. The Labute approximate surface area is 125 Å². The quantitative estimate of drug-likeness (QED) is 0.798. The summed E-state index contributed by atoms with van der Waals surface area (Å²) in [6, 6.07) is -0.0565. The number of imidazole rings is 1. The zero-order chi connectivity index (χ0) is 16.6. The molecule has 0 radical (unpaired) electrons. The first-order chi connectivity index (χ1) is 10.3. The SMILES string of the molecule is CCC(C)n1c(NCC(=O)O)nc2c(=O)n(C)c(=O)n(C)c21. The molecule has 0 bridgehead atoms. The van der Waals surface area contributed by atoms with E-state index in [1.165, 1.54) is 11.6 Å². The molecule has 2 aromatic rings. The Hall–Kier alpha value is -2.58. The molecule has 0 spiro atoms. The van der Waals surface area contributed by atoms with Gasteiger partial charge in [0.15, 0.2) is 11.2 Å². The van der Waals surface area contributed by atoms with E-state index in [1.807, 2.05) is 13.8 Å². The van der Waals surface area contributed by atoms with E-state index in [0.717, 1.165) is 11.0 Å². The average molecular weight is 309 g/mol. The predicted octanol–water partition coefficient (Wildman–Crippen LogP) is -0.0988. The van der Waals surface area contributed by atoms with Crippen molar-refractivity contribution in [3.63, 3.8) is 0 Å². The Balaban J connectivity index is 2.83. The topological polar surface area (TPSA) is 111 Å². The van der Waals surface area contributed by atoms with Gasteiger partial charge in [-0.15, -0.1) is 0 Å². The summed E-state index contributed by atoms with van der Waals surface area (Å²) in [6.45, 7) is 3.54. The summed E-state index contributed by atoms with van der Waals surface area (Å²) in [7, 11) is 2.95. The van der Waals surface area contributed by atoms with Crippen molar-refractivity contribution in [3.8, 4) is 0 Å². The monoisotopic (exact) mass is 309 g/mol. The standard InChI is InChI=1S/C13H19N5O4/c1-5-7(2)18-10-9(15-12(18)14-6-8(19)20)11(21)17(4)13(22)16(10)3/h7H,5-6H2,1-4H3,(H,14,15)(H,19,20). The van der Waals surface area contributed by atoms with Gasteiger partial charge in [-0.1, -0.05) is 6.92 Å². The van der Waals surface area contributed by atoms with E-state index in [0.29, 0.717) is 5.65 Å². The van der Waals surface area contributed by atoms with Crippen LogP contribution in [0.5, 0.6) is 0 Å². The van der Waals surface area contributed by atoms with Crippen molar-refractivity contribution in [2.24, 2.45) is 14.1 Å². The third-order valence-electron chi connectivity index (χ3n) is 3.71. The number of hydrogen-bond donors (Lipinski definition) is 2. The number of nitrogens with one attached hydrogen (secondary N) is 1. The van der Waals surface area contributed by atoms with Gasteiger partial charge in [0.05, 0.1) is 0 Å². The van der Waals surface area contributed by atoms with Crippen molar-refractivity contribution in [1.29, 1.82) is 0 Å². The summed E-state index contributed by atoms with van der Waals surface area (Å²) in [5, 5.41) is 11.5. The highest BCUT2D eigenvalue weighted by atomic mass is 16.4. The van der Waals surface area contributed by atoms with Gasteiger partial charge in [-0.3, -0.25) is 23.3 Å². The molecule has 2 N–H and O–H groups in total. The summed E-state index contributed by atoms with van der Waals surface area (Å²) < 4.78 is 4.03. The van der Waals surface area contributed by atoms with Gasteiger partial charge >= 0.3 is 11.7 Å². The smallest absolute Gasteiger partial charge is 0.332 e. The maximum absolute atomic E-state index is 12.2. The lowest BCUT2D eigenvalue weighted by Gasteiger charge is -2.17. The lowest BCUT2D eigenvalue weighted by atomic mass is 10.2. The predicted molar refractivity (Wildman–Crippen MR) is 81.3 cm³/mol. The van der Waals surface area contributed by atoms with Crippen molar-refractivity contribution >= 4 is 23.1 Å².